The third-order valence-corrected chi connectivity index (χ3v) is 9.08. The van der Waals surface area contributed by atoms with Gasteiger partial charge in [-0.1, -0.05) is 24.3 Å². The number of pyridine rings is 2. The third-order valence-electron chi connectivity index (χ3n) is 9.08. The molecule has 0 aliphatic carbocycles. The molecule has 9 N–H and O–H groups in total. The van der Waals surface area contributed by atoms with Gasteiger partial charge in [-0.05, 0) is 98.8 Å². The van der Waals surface area contributed by atoms with E-state index >= 15 is 0 Å². The van der Waals surface area contributed by atoms with Crippen molar-refractivity contribution in [3.05, 3.63) is 91.8 Å². The van der Waals surface area contributed by atoms with Gasteiger partial charge in [-0.3, -0.25) is 19.4 Å². The molecular weight excluding hydrogens is 639 g/mol. The number of aliphatic hydroxyl groups is 2. The number of likely N-dealkylation sites (tertiary alicyclic amines) is 2. The highest BCUT2D eigenvalue weighted by molar-refractivity contribution is 7.45. The van der Waals surface area contributed by atoms with Crippen molar-refractivity contribution >= 4 is 29.4 Å². The van der Waals surface area contributed by atoms with Crippen LogP contribution in [0.15, 0.2) is 58.1 Å². The molecule has 14 heteroatoms. The van der Waals surface area contributed by atoms with E-state index in [0.717, 1.165) is 109 Å². The van der Waals surface area contributed by atoms with Crippen molar-refractivity contribution in [3.63, 3.8) is 0 Å². The van der Waals surface area contributed by atoms with E-state index in [0.29, 0.717) is 12.1 Å². The number of phosphoric acid groups is 1. The monoisotopic (exact) mass is 688 g/mol. The van der Waals surface area contributed by atoms with E-state index in [-0.39, 0.29) is 29.8 Å². The molecule has 6 rings (SSSR count). The first-order valence-electron chi connectivity index (χ1n) is 16.1. The van der Waals surface area contributed by atoms with Gasteiger partial charge in [-0.25, -0.2) is 4.57 Å². The molecule has 0 amide bonds. The highest BCUT2D eigenvalue weighted by atomic mass is 31.2. The standard InChI is InChI=1S/2C17H22N2O2.H3O4P.H2O/c2*1-12-4-2-6-15-16(12)10-13(18-17(15)21)7-9-19-8-3-5-14(19)11-20;1-5(2,3)4;/h2*2,4,6,10,14,20H,3,5,7-9,11H2,1H3,(H,18,21);(H3,1,2,3,4);1H2. The number of fused-ring (bicyclic) bond motifs is 2. The maximum Gasteiger partial charge on any atom is 0.466 e. The Morgan fingerprint density at radius 1 is 0.708 bits per heavy atom. The van der Waals surface area contributed by atoms with Crippen LogP contribution in [0.3, 0.4) is 0 Å². The van der Waals surface area contributed by atoms with Crippen LogP contribution in [-0.4, -0.2) is 102 Å². The average Bonchev–Trinajstić information content (AvgIpc) is 3.68. The summed E-state index contributed by atoms with van der Waals surface area (Å²) in [5.74, 6) is 0. The van der Waals surface area contributed by atoms with E-state index in [1.54, 1.807) is 0 Å². The zero-order chi connectivity index (χ0) is 34.1. The Morgan fingerprint density at radius 2 is 1.08 bits per heavy atom. The summed E-state index contributed by atoms with van der Waals surface area (Å²) in [7, 11) is -4.64. The summed E-state index contributed by atoms with van der Waals surface area (Å²) in [5, 5.41) is 22.3. The van der Waals surface area contributed by atoms with Gasteiger partial charge in [0.05, 0.1) is 13.2 Å². The van der Waals surface area contributed by atoms with Crippen molar-refractivity contribution in [2.24, 2.45) is 0 Å². The fourth-order valence-corrected chi connectivity index (χ4v) is 6.58. The molecule has 13 nitrogen and oxygen atoms in total. The van der Waals surface area contributed by atoms with Crippen molar-refractivity contribution in [1.82, 2.24) is 19.8 Å². The predicted molar refractivity (Wildman–Crippen MR) is 187 cm³/mol. The number of H-pyrrole nitrogens is 2. The highest BCUT2D eigenvalue weighted by Crippen LogP contribution is 2.26. The maximum atomic E-state index is 12.2. The van der Waals surface area contributed by atoms with Gasteiger partial charge in [0.1, 0.15) is 0 Å². The van der Waals surface area contributed by atoms with E-state index in [4.69, 9.17) is 19.2 Å². The summed E-state index contributed by atoms with van der Waals surface area (Å²) < 4.78 is 8.88. The van der Waals surface area contributed by atoms with Crippen LogP contribution in [0.5, 0.6) is 0 Å². The molecule has 0 radical (unpaired) electrons. The lowest BCUT2D eigenvalue weighted by molar-refractivity contribution is 0.160. The van der Waals surface area contributed by atoms with Crippen molar-refractivity contribution in [2.75, 3.05) is 39.4 Å². The molecule has 0 saturated carbocycles. The first-order chi connectivity index (χ1) is 22.4. The summed E-state index contributed by atoms with van der Waals surface area (Å²) in [6.45, 7) is 8.39. The average molecular weight is 689 g/mol. The Hall–Kier alpha value is -3.23. The Kier molecular flexibility index (Phi) is 14.7. The van der Waals surface area contributed by atoms with Crippen LogP contribution in [0.4, 0.5) is 0 Å². The highest BCUT2D eigenvalue weighted by Gasteiger charge is 2.24. The lowest BCUT2D eigenvalue weighted by Gasteiger charge is -2.22. The largest absolute Gasteiger partial charge is 0.466 e. The van der Waals surface area contributed by atoms with E-state index in [9.17, 15) is 19.8 Å². The molecule has 2 aromatic carbocycles. The Labute approximate surface area is 279 Å². The number of rotatable bonds is 8. The van der Waals surface area contributed by atoms with Crippen molar-refractivity contribution < 1.29 is 34.9 Å². The van der Waals surface area contributed by atoms with E-state index in [2.05, 4.69) is 31.9 Å². The smallest absolute Gasteiger partial charge is 0.412 e. The van der Waals surface area contributed by atoms with Gasteiger partial charge in [0, 0.05) is 60.2 Å². The Morgan fingerprint density at radius 3 is 1.44 bits per heavy atom. The topological polar surface area (TPSA) is 222 Å². The second-order valence-corrected chi connectivity index (χ2v) is 13.4. The van der Waals surface area contributed by atoms with E-state index < -0.39 is 7.82 Å². The minimum Gasteiger partial charge on any atom is -0.412 e. The lowest BCUT2D eigenvalue weighted by atomic mass is 10.1. The molecule has 264 valence electrons. The SMILES string of the molecule is Cc1cccc2c(=O)[nH]c(CCN3CCCC3CO)cc12.Cc1cccc2c(=O)[nH]c(CCN3CCCC3CO)cc12.O.O=P(O)(O)O. The number of aromatic nitrogens is 2. The molecule has 2 aliphatic rings. The predicted octanol–water partition coefficient (Wildman–Crippen LogP) is 1.92. The number of nitrogens with zero attached hydrogens (tertiary/aromatic N) is 2. The summed E-state index contributed by atoms with van der Waals surface area (Å²) in [4.78, 5) is 56.5. The van der Waals surface area contributed by atoms with Crippen LogP contribution in [0, 0.1) is 13.8 Å². The van der Waals surface area contributed by atoms with Crippen LogP contribution in [0.1, 0.15) is 48.2 Å². The van der Waals surface area contributed by atoms with Gasteiger partial charge in [0.2, 0.25) is 0 Å². The van der Waals surface area contributed by atoms with Crippen LogP contribution in [-0.2, 0) is 17.4 Å². The summed E-state index contributed by atoms with van der Waals surface area (Å²) in [6.07, 6.45) is 6.08. The normalized spacial score (nSPS) is 18.2. The fraction of sp³-hybridized carbons (Fsp3) is 0.471. The van der Waals surface area contributed by atoms with Gasteiger partial charge in [0.15, 0.2) is 0 Å². The Balaban J connectivity index is 0.000000225. The minimum atomic E-state index is -4.64. The molecule has 0 bridgehead atoms. The summed E-state index contributed by atoms with van der Waals surface area (Å²) in [6, 6.07) is 16.4. The van der Waals surface area contributed by atoms with Gasteiger partial charge in [-0.15, -0.1) is 0 Å². The number of hydrogen-bond acceptors (Lipinski definition) is 7. The molecule has 2 atom stereocenters. The first kappa shape index (κ1) is 39.2. The van der Waals surface area contributed by atoms with Gasteiger partial charge < -0.3 is 40.3 Å². The number of benzene rings is 2. The van der Waals surface area contributed by atoms with Crippen molar-refractivity contribution in [3.8, 4) is 0 Å². The van der Waals surface area contributed by atoms with Gasteiger partial charge in [-0.2, -0.15) is 0 Å². The van der Waals surface area contributed by atoms with Gasteiger partial charge >= 0.3 is 7.82 Å². The molecule has 4 heterocycles. The molecule has 2 fully saturated rings. The van der Waals surface area contributed by atoms with E-state index in [1.165, 1.54) is 0 Å². The zero-order valence-electron chi connectivity index (χ0n) is 27.6. The third kappa shape index (κ3) is 10.9. The zero-order valence-corrected chi connectivity index (χ0v) is 28.5. The number of nitrogens with one attached hydrogen (secondary N) is 2. The van der Waals surface area contributed by atoms with Crippen molar-refractivity contribution in [2.45, 2.75) is 64.5 Å². The molecule has 0 spiro atoms. The number of aliphatic hydroxyl groups excluding tert-OH is 2. The van der Waals surface area contributed by atoms with Gasteiger partial charge in [0.25, 0.3) is 11.1 Å². The second-order valence-electron chi connectivity index (χ2n) is 12.4. The van der Waals surface area contributed by atoms with Crippen LogP contribution in [0.2, 0.25) is 0 Å². The number of aromatic amines is 2. The van der Waals surface area contributed by atoms with Crippen molar-refractivity contribution in [1.29, 1.82) is 0 Å². The molecule has 2 unspecified atom stereocenters. The molecule has 2 saturated heterocycles. The minimum absolute atomic E-state index is 0. The molecule has 2 aromatic heterocycles. The lowest BCUT2D eigenvalue weighted by Crippen LogP contribution is -2.34. The second kappa shape index (κ2) is 18.0. The first-order valence-corrected chi connectivity index (χ1v) is 17.7. The number of aryl methyl sites for hydroxylation is 2. The fourth-order valence-electron chi connectivity index (χ4n) is 6.58. The summed E-state index contributed by atoms with van der Waals surface area (Å²) >= 11 is 0. The van der Waals surface area contributed by atoms with Crippen LogP contribution < -0.4 is 11.1 Å². The molecule has 48 heavy (non-hydrogen) atoms. The quantitative estimate of drug-likeness (QED) is 0.133. The maximum absolute atomic E-state index is 12.2. The number of hydrogen-bond donors (Lipinski definition) is 7. The summed E-state index contributed by atoms with van der Waals surface area (Å²) in [5.41, 5.74) is 4.21. The molecule has 4 aromatic rings. The van der Waals surface area contributed by atoms with E-state index in [1.807, 2.05) is 50.2 Å². The Bertz CT molecular complexity index is 1680. The molecule has 2 aliphatic heterocycles. The van der Waals surface area contributed by atoms with Crippen LogP contribution in [0.25, 0.3) is 21.5 Å². The molecular formula is C34H49N4O9P. The van der Waals surface area contributed by atoms with Crippen LogP contribution >= 0.6 is 7.82 Å².